The van der Waals surface area contributed by atoms with Crippen LogP contribution < -0.4 is 0 Å². The Kier molecular flexibility index (Phi) is 2.89. The molecule has 0 bridgehead atoms. The SMILES string of the molecule is N#Cc1ccc(CC(=O)S)cc1. The fourth-order valence-corrected chi connectivity index (χ4v) is 1.05. The molecule has 0 heterocycles. The van der Waals surface area contributed by atoms with Crippen molar-refractivity contribution in [3.8, 4) is 6.07 Å². The third-order valence-corrected chi connectivity index (χ3v) is 1.60. The highest BCUT2D eigenvalue weighted by atomic mass is 32.1. The van der Waals surface area contributed by atoms with Crippen molar-refractivity contribution >= 4 is 17.7 Å². The largest absolute Gasteiger partial charge is 0.287 e. The first-order valence-electron chi connectivity index (χ1n) is 3.43. The van der Waals surface area contributed by atoms with Crippen molar-refractivity contribution in [2.24, 2.45) is 0 Å². The molecule has 60 valence electrons. The summed E-state index contributed by atoms with van der Waals surface area (Å²) in [4.78, 5) is 10.6. The minimum absolute atomic E-state index is 0.167. The molecule has 0 aliphatic rings. The number of benzene rings is 1. The molecule has 1 aromatic carbocycles. The second kappa shape index (κ2) is 3.93. The van der Waals surface area contributed by atoms with Gasteiger partial charge in [0.1, 0.15) is 0 Å². The number of nitriles is 1. The highest BCUT2D eigenvalue weighted by Gasteiger charge is 1.97. The Balaban J connectivity index is 2.80. The first kappa shape index (κ1) is 8.82. The predicted octanol–water partition coefficient (Wildman–Crippen LogP) is 1.56. The van der Waals surface area contributed by atoms with E-state index in [1.165, 1.54) is 0 Å². The average molecular weight is 177 g/mol. The highest BCUT2D eigenvalue weighted by Crippen LogP contribution is 2.04. The van der Waals surface area contributed by atoms with Crippen LogP contribution in [0.25, 0.3) is 0 Å². The van der Waals surface area contributed by atoms with Gasteiger partial charge in [0.15, 0.2) is 5.12 Å². The molecule has 0 aliphatic heterocycles. The Hall–Kier alpha value is -1.27. The first-order chi connectivity index (χ1) is 5.72. The second-order valence-corrected chi connectivity index (χ2v) is 2.88. The van der Waals surface area contributed by atoms with Gasteiger partial charge in [-0.05, 0) is 17.7 Å². The van der Waals surface area contributed by atoms with E-state index in [-0.39, 0.29) is 5.12 Å². The minimum atomic E-state index is -0.167. The Bertz CT molecular complexity index is 323. The molecule has 2 nitrogen and oxygen atoms in total. The van der Waals surface area contributed by atoms with Crippen molar-refractivity contribution in [2.75, 3.05) is 0 Å². The van der Waals surface area contributed by atoms with E-state index in [9.17, 15) is 4.79 Å². The third-order valence-electron chi connectivity index (χ3n) is 1.44. The molecule has 3 heteroatoms. The van der Waals surface area contributed by atoms with E-state index in [1.807, 2.05) is 6.07 Å². The summed E-state index contributed by atoms with van der Waals surface area (Å²) in [6.45, 7) is 0. The number of carbonyl (C=O) groups is 1. The summed E-state index contributed by atoms with van der Waals surface area (Å²) < 4.78 is 0. The van der Waals surface area contributed by atoms with Gasteiger partial charge in [-0.15, -0.1) is 12.6 Å². The molecule has 0 saturated carbocycles. The maximum absolute atomic E-state index is 10.6. The number of nitrogens with zero attached hydrogens (tertiary/aromatic N) is 1. The summed E-state index contributed by atoms with van der Waals surface area (Å²) in [7, 11) is 0. The fraction of sp³-hybridized carbons (Fsp3) is 0.111. The lowest BCUT2D eigenvalue weighted by molar-refractivity contribution is -0.110. The normalized spacial score (nSPS) is 9.00. The Labute approximate surface area is 76.2 Å². The second-order valence-electron chi connectivity index (χ2n) is 2.38. The van der Waals surface area contributed by atoms with Crippen molar-refractivity contribution in [3.05, 3.63) is 35.4 Å². The Morgan fingerprint density at radius 1 is 1.42 bits per heavy atom. The lowest BCUT2D eigenvalue weighted by Crippen LogP contribution is -1.92. The van der Waals surface area contributed by atoms with Gasteiger partial charge in [0.2, 0.25) is 0 Å². The molecule has 0 atom stereocenters. The van der Waals surface area contributed by atoms with Gasteiger partial charge < -0.3 is 0 Å². The highest BCUT2D eigenvalue weighted by molar-refractivity contribution is 7.96. The quantitative estimate of drug-likeness (QED) is 0.696. The standard InChI is InChI=1S/C9H7NOS/c10-6-8-3-1-7(2-4-8)5-9(11)12/h1-4H,5H2,(H,11,12). The first-order valence-corrected chi connectivity index (χ1v) is 3.88. The van der Waals surface area contributed by atoms with Gasteiger partial charge in [0, 0.05) is 6.42 Å². The summed E-state index contributed by atoms with van der Waals surface area (Å²) in [5.74, 6) is 0. The molecule has 0 spiro atoms. The van der Waals surface area contributed by atoms with Crippen LogP contribution in [0.4, 0.5) is 0 Å². The van der Waals surface area contributed by atoms with E-state index in [0.29, 0.717) is 12.0 Å². The van der Waals surface area contributed by atoms with E-state index in [0.717, 1.165) is 5.56 Å². The van der Waals surface area contributed by atoms with Crippen molar-refractivity contribution < 1.29 is 4.79 Å². The van der Waals surface area contributed by atoms with Gasteiger partial charge in [0.05, 0.1) is 11.6 Å². The molecular weight excluding hydrogens is 170 g/mol. The number of thiol groups is 1. The van der Waals surface area contributed by atoms with E-state index >= 15 is 0 Å². The van der Waals surface area contributed by atoms with Crippen LogP contribution >= 0.6 is 12.6 Å². The molecule has 0 fully saturated rings. The zero-order chi connectivity index (χ0) is 8.97. The Morgan fingerprint density at radius 2 is 2.00 bits per heavy atom. The van der Waals surface area contributed by atoms with Crippen molar-refractivity contribution in [1.29, 1.82) is 5.26 Å². The smallest absolute Gasteiger partial charge is 0.190 e. The number of rotatable bonds is 2. The van der Waals surface area contributed by atoms with Gasteiger partial charge in [-0.2, -0.15) is 5.26 Å². The van der Waals surface area contributed by atoms with Crippen LogP contribution in [-0.2, 0) is 11.2 Å². The van der Waals surface area contributed by atoms with Crippen LogP contribution in [0, 0.1) is 11.3 Å². The summed E-state index contributed by atoms with van der Waals surface area (Å²) in [5, 5.41) is 8.31. The van der Waals surface area contributed by atoms with Crippen LogP contribution in [0.2, 0.25) is 0 Å². The molecule has 1 rings (SSSR count). The molecule has 0 saturated heterocycles. The maximum atomic E-state index is 10.6. The Morgan fingerprint density at radius 3 is 2.42 bits per heavy atom. The monoisotopic (exact) mass is 177 g/mol. The molecule has 12 heavy (non-hydrogen) atoms. The zero-order valence-corrected chi connectivity index (χ0v) is 7.21. The van der Waals surface area contributed by atoms with Crippen LogP contribution in [0.5, 0.6) is 0 Å². The van der Waals surface area contributed by atoms with Crippen LogP contribution in [0.1, 0.15) is 11.1 Å². The number of hydrogen-bond acceptors (Lipinski definition) is 2. The summed E-state index contributed by atoms with van der Waals surface area (Å²) >= 11 is 3.65. The average Bonchev–Trinajstić information content (AvgIpc) is 2.05. The lowest BCUT2D eigenvalue weighted by Gasteiger charge is -1.95. The van der Waals surface area contributed by atoms with Crippen molar-refractivity contribution in [2.45, 2.75) is 6.42 Å². The van der Waals surface area contributed by atoms with Crippen molar-refractivity contribution in [1.82, 2.24) is 0 Å². The van der Waals surface area contributed by atoms with Gasteiger partial charge in [0.25, 0.3) is 0 Å². The molecule has 0 amide bonds. The molecular formula is C9H7NOS. The molecule has 0 unspecified atom stereocenters. The van der Waals surface area contributed by atoms with Crippen LogP contribution in [0.3, 0.4) is 0 Å². The molecule has 0 radical (unpaired) electrons. The zero-order valence-electron chi connectivity index (χ0n) is 6.32. The van der Waals surface area contributed by atoms with E-state index < -0.39 is 0 Å². The van der Waals surface area contributed by atoms with E-state index in [1.54, 1.807) is 24.3 Å². The lowest BCUT2D eigenvalue weighted by atomic mass is 10.1. The third kappa shape index (κ3) is 2.40. The van der Waals surface area contributed by atoms with Gasteiger partial charge in [-0.3, -0.25) is 4.79 Å². The van der Waals surface area contributed by atoms with Crippen LogP contribution in [0.15, 0.2) is 24.3 Å². The molecule has 0 aliphatic carbocycles. The topological polar surface area (TPSA) is 40.9 Å². The van der Waals surface area contributed by atoms with Gasteiger partial charge in [-0.1, -0.05) is 12.1 Å². The van der Waals surface area contributed by atoms with E-state index in [4.69, 9.17) is 5.26 Å². The van der Waals surface area contributed by atoms with Crippen molar-refractivity contribution in [3.63, 3.8) is 0 Å². The molecule has 0 N–H and O–H groups in total. The number of carbonyl (C=O) groups excluding carboxylic acids is 1. The molecule has 0 aromatic heterocycles. The van der Waals surface area contributed by atoms with E-state index in [2.05, 4.69) is 12.6 Å². The maximum Gasteiger partial charge on any atom is 0.190 e. The summed E-state index contributed by atoms with van der Waals surface area (Å²) in [6, 6.07) is 8.89. The minimum Gasteiger partial charge on any atom is -0.287 e. The predicted molar refractivity (Wildman–Crippen MR) is 48.9 cm³/mol. The molecule has 1 aromatic rings. The van der Waals surface area contributed by atoms with Gasteiger partial charge >= 0.3 is 0 Å². The van der Waals surface area contributed by atoms with Crippen LogP contribution in [-0.4, -0.2) is 5.12 Å². The summed E-state index contributed by atoms with van der Waals surface area (Å²) in [5.41, 5.74) is 1.49. The summed E-state index contributed by atoms with van der Waals surface area (Å²) in [6.07, 6.45) is 0.314. The fourth-order valence-electron chi connectivity index (χ4n) is 0.872. The van der Waals surface area contributed by atoms with Gasteiger partial charge in [-0.25, -0.2) is 0 Å². The number of hydrogen-bond donors (Lipinski definition) is 1.